The summed E-state index contributed by atoms with van der Waals surface area (Å²) in [5.74, 6) is 0.0592. The zero-order chi connectivity index (χ0) is 16.7. The standard InChI is InChI=1S/C17H13ClN4OS/c1-9(15(23)12-8-19-13-5-3-2-4-11(12)13)24-17-21-14-6-10(18)7-20-16(14)22-17/h2-9,19H,1H3,(H,20,21,22). The summed E-state index contributed by atoms with van der Waals surface area (Å²) < 4.78 is 0. The van der Waals surface area contributed by atoms with E-state index in [1.165, 1.54) is 11.8 Å². The molecule has 5 nitrogen and oxygen atoms in total. The molecule has 4 rings (SSSR count). The van der Waals surface area contributed by atoms with Gasteiger partial charge in [0.15, 0.2) is 16.6 Å². The van der Waals surface area contributed by atoms with Crippen molar-refractivity contribution in [1.82, 2.24) is 19.9 Å². The van der Waals surface area contributed by atoms with Crippen LogP contribution in [-0.2, 0) is 0 Å². The number of hydrogen-bond acceptors (Lipinski definition) is 4. The van der Waals surface area contributed by atoms with Crippen LogP contribution in [-0.4, -0.2) is 31.0 Å². The lowest BCUT2D eigenvalue weighted by Crippen LogP contribution is -2.13. The van der Waals surface area contributed by atoms with Crippen molar-refractivity contribution in [2.45, 2.75) is 17.3 Å². The van der Waals surface area contributed by atoms with E-state index in [-0.39, 0.29) is 11.0 Å². The third kappa shape index (κ3) is 2.68. The van der Waals surface area contributed by atoms with Crippen LogP contribution in [0.5, 0.6) is 0 Å². The molecule has 0 radical (unpaired) electrons. The van der Waals surface area contributed by atoms with Gasteiger partial charge in [-0.2, -0.15) is 0 Å². The number of ketones is 1. The van der Waals surface area contributed by atoms with Crippen molar-refractivity contribution >= 4 is 51.2 Å². The Balaban J connectivity index is 1.60. The molecule has 3 heterocycles. The van der Waals surface area contributed by atoms with E-state index in [9.17, 15) is 4.79 Å². The van der Waals surface area contributed by atoms with Crippen LogP contribution in [0, 0.1) is 0 Å². The fraction of sp³-hybridized carbons (Fsp3) is 0.118. The highest BCUT2D eigenvalue weighted by molar-refractivity contribution is 8.00. The van der Waals surface area contributed by atoms with Gasteiger partial charge >= 0.3 is 0 Å². The molecule has 24 heavy (non-hydrogen) atoms. The van der Waals surface area contributed by atoms with Gasteiger partial charge in [-0.05, 0) is 19.1 Å². The Bertz CT molecular complexity index is 1060. The molecule has 0 fully saturated rings. The van der Waals surface area contributed by atoms with Crippen molar-refractivity contribution < 1.29 is 4.79 Å². The van der Waals surface area contributed by atoms with Gasteiger partial charge in [-0.25, -0.2) is 9.97 Å². The Kier molecular flexibility index (Phi) is 3.78. The first-order chi connectivity index (χ1) is 11.6. The number of halogens is 1. The predicted octanol–water partition coefficient (Wildman–Crippen LogP) is 4.46. The fourth-order valence-corrected chi connectivity index (χ4v) is 3.66. The normalized spacial score (nSPS) is 12.8. The highest BCUT2D eigenvalue weighted by Gasteiger charge is 2.21. The number of nitrogens with one attached hydrogen (secondary N) is 2. The number of benzene rings is 1. The molecule has 0 aliphatic carbocycles. The number of pyridine rings is 1. The summed E-state index contributed by atoms with van der Waals surface area (Å²) in [6.07, 6.45) is 3.32. The smallest absolute Gasteiger partial charge is 0.178 e. The minimum atomic E-state index is -0.278. The minimum Gasteiger partial charge on any atom is -0.360 e. The number of nitrogens with zero attached hydrogens (tertiary/aromatic N) is 2. The zero-order valence-electron chi connectivity index (χ0n) is 12.7. The molecule has 0 aliphatic rings. The van der Waals surface area contributed by atoms with E-state index in [1.807, 2.05) is 31.2 Å². The summed E-state index contributed by atoms with van der Waals surface area (Å²) in [4.78, 5) is 27.6. The van der Waals surface area contributed by atoms with Crippen molar-refractivity contribution in [3.05, 3.63) is 53.3 Å². The number of imidazole rings is 1. The van der Waals surface area contributed by atoms with Crippen LogP contribution in [0.2, 0.25) is 5.02 Å². The summed E-state index contributed by atoms with van der Waals surface area (Å²) in [6, 6.07) is 9.55. The maximum Gasteiger partial charge on any atom is 0.178 e. The fourth-order valence-electron chi connectivity index (χ4n) is 2.62. The Morgan fingerprint density at radius 1 is 1.29 bits per heavy atom. The second-order valence-electron chi connectivity index (χ2n) is 5.44. The van der Waals surface area contributed by atoms with E-state index in [1.54, 1.807) is 18.5 Å². The van der Waals surface area contributed by atoms with E-state index in [4.69, 9.17) is 11.6 Å². The van der Waals surface area contributed by atoms with Crippen molar-refractivity contribution in [3.8, 4) is 0 Å². The summed E-state index contributed by atoms with van der Waals surface area (Å²) in [5, 5.41) is 1.86. The van der Waals surface area contributed by atoms with Crippen LogP contribution in [0.1, 0.15) is 17.3 Å². The second kappa shape index (κ2) is 5.96. The average Bonchev–Trinajstić information content (AvgIpc) is 3.17. The average molecular weight is 357 g/mol. The number of carbonyl (C=O) groups is 1. The van der Waals surface area contributed by atoms with Crippen molar-refractivity contribution in [2.24, 2.45) is 0 Å². The molecule has 1 aromatic carbocycles. The highest BCUT2D eigenvalue weighted by Crippen LogP contribution is 2.28. The second-order valence-corrected chi connectivity index (χ2v) is 7.20. The lowest BCUT2D eigenvalue weighted by molar-refractivity contribution is 0.0995. The molecule has 2 N–H and O–H groups in total. The Hall–Kier alpha value is -2.31. The van der Waals surface area contributed by atoms with Crippen LogP contribution in [0.15, 0.2) is 47.9 Å². The maximum absolute atomic E-state index is 12.8. The van der Waals surface area contributed by atoms with E-state index < -0.39 is 0 Å². The molecule has 0 saturated carbocycles. The molecule has 0 saturated heterocycles. The molecular formula is C17H13ClN4OS. The SMILES string of the molecule is CC(Sc1nc2ncc(Cl)cc2[nH]1)C(=O)c1c[nH]c2ccccc12. The number of rotatable bonds is 4. The number of H-pyrrole nitrogens is 2. The summed E-state index contributed by atoms with van der Waals surface area (Å²) in [7, 11) is 0. The van der Waals surface area contributed by atoms with Crippen LogP contribution >= 0.6 is 23.4 Å². The zero-order valence-corrected chi connectivity index (χ0v) is 14.3. The topological polar surface area (TPSA) is 74.4 Å². The number of fused-ring (bicyclic) bond motifs is 2. The highest BCUT2D eigenvalue weighted by atomic mass is 35.5. The lowest BCUT2D eigenvalue weighted by atomic mass is 10.1. The van der Waals surface area contributed by atoms with E-state index in [2.05, 4.69) is 19.9 Å². The number of carbonyl (C=O) groups excluding carboxylic acids is 1. The quantitative estimate of drug-likeness (QED) is 0.418. The molecule has 0 bridgehead atoms. The van der Waals surface area contributed by atoms with Crippen molar-refractivity contribution in [3.63, 3.8) is 0 Å². The maximum atomic E-state index is 12.8. The van der Waals surface area contributed by atoms with Gasteiger partial charge in [0.1, 0.15) is 0 Å². The number of para-hydroxylation sites is 1. The number of aromatic nitrogens is 4. The first kappa shape index (κ1) is 15.2. The number of hydrogen-bond donors (Lipinski definition) is 2. The number of thioether (sulfide) groups is 1. The minimum absolute atomic E-state index is 0.0592. The number of Topliss-reactive ketones (excluding diaryl/α,β-unsaturated/α-hetero) is 1. The van der Waals surface area contributed by atoms with Crippen LogP contribution < -0.4 is 0 Å². The Morgan fingerprint density at radius 3 is 3.00 bits per heavy atom. The van der Waals surface area contributed by atoms with E-state index in [0.717, 1.165) is 16.4 Å². The molecule has 0 amide bonds. The summed E-state index contributed by atoms with van der Waals surface area (Å²) in [5.41, 5.74) is 3.01. The largest absolute Gasteiger partial charge is 0.360 e. The summed E-state index contributed by atoms with van der Waals surface area (Å²) >= 11 is 7.31. The Labute approximate surface area is 146 Å². The van der Waals surface area contributed by atoms with Crippen molar-refractivity contribution in [2.75, 3.05) is 0 Å². The van der Waals surface area contributed by atoms with Gasteiger partial charge < -0.3 is 9.97 Å². The molecule has 0 spiro atoms. The Morgan fingerprint density at radius 2 is 2.12 bits per heavy atom. The molecule has 4 aromatic rings. The first-order valence-electron chi connectivity index (χ1n) is 7.40. The van der Waals surface area contributed by atoms with Gasteiger partial charge in [-0.15, -0.1) is 0 Å². The van der Waals surface area contributed by atoms with Gasteiger partial charge in [0.2, 0.25) is 0 Å². The van der Waals surface area contributed by atoms with E-state index >= 15 is 0 Å². The molecule has 1 atom stereocenters. The third-order valence-electron chi connectivity index (χ3n) is 3.79. The van der Waals surface area contributed by atoms with Crippen LogP contribution in [0.3, 0.4) is 0 Å². The number of aromatic amines is 2. The third-order valence-corrected chi connectivity index (χ3v) is 4.99. The molecule has 0 aliphatic heterocycles. The monoisotopic (exact) mass is 356 g/mol. The molecule has 1 unspecified atom stereocenters. The van der Waals surface area contributed by atoms with Gasteiger partial charge in [0.05, 0.1) is 15.8 Å². The first-order valence-corrected chi connectivity index (χ1v) is 8.66. The van der Waals surface area contributed by atoms with Gasteiger partial charge in [0.25, 0.3) is 0 Å². The van der Waals surface area contributed by atoms with Gasteiger partial charge in [-0.1, -0.05) is 41.6 Å². The van der Waals surface area contributed by atoms with Gasteiger partial charge in [-0.3, -0.25) is 4.79 Å². The summed E-state index contributed by atoms with van der Waals surface area (Å²) in [6.45, 7) is 1.88. The van der Waals surface area contributed by atoms with E-state index in [0.29, 0.717) is 21.4 Å². The lowest BCUT2D eigenvalue weighted by Gasteiger charge is -2.07. The van der Waals surface area contributed by atoms with Crippen molar-refractivity contribution in [1.29, 1.82) is 0 Å². The molecular weight excluding hydrogens is 344 g/mol. The predicted molar refractivity (Wildman–Crippen MR) is 96.8 cm³/mol. The van der Waals surface area contributed by atoms with Crippen LogP contribution in [0.25, 0.3) is 22.1 Å². The van der Waals surface area contributed by atoms with Gasteiger partial charge in [0, 0.05) is 28.9 Å². The molecule has 120 valence electrons. The molecule has 7 heteroatoms. The van der Waals surface area contributed by atoms with Crippen LogP contribution in [0.4, 0.5) is 0 Å². The molecule has 3 aromatic heterocycles.